The Balaban J connectivity index is 2.06. The summed E-state index contributed by atoms with van der Waals surface area (Å²) in [4.78, 5) is 16.3. The number of nitrogens with zero attached hydrogens (tertiary/aromatic N) is 2. The fraction of sp³-hybridized carbons (Fsp3) is 0.562. The van der Waals surface area contributed by atoms with Gasteiger partial charge in [0.2, 0.25) is 0 Å². The van der Waals surface area contributed by atoms with Gasteiger partial charge in [0.1, 0.15) is 0 Å². The van der Waals surface area contributed by atoms with Gasteiger partial charge in [-0.3, -0.25) is 0 Å². The second-order valence-electron chi connectivity index (χ2n) is 5.20. The molecule has 1 aliphatic rings. The first kappa shape index (κ1) is 16.0. The van der Waals surface area contributed by atoms with Crippen LogP contribution in [0.2, 0.25) is 0 Å². The Kier molecular flexibility index (Phi) is 5.79. The minimum atomic E-state index is -0.0229. The molecule has 0 spiro atoms. The van der Waals surface area contributed by atoms with E-state index in [1.165, 1.54) is 17.2 Å². The zero-order valence-corrected chi connectivity index (χ0v) is 14.0. The average molecular weight is 307 g/mol. The number of rotatable bonds is 4. The molecule has 0 bridgehead atoms. The number of benzene rings is 1. The largest absolute Gasteiger partial charge is 0.370 e. The third-order valence-corrected chi connectivity index (χ3v) is 4.82. The van der Waals surface area contributed by atoms with E-state index >= 15 is 0 Å². The van der Waals surface area contributed by atoms with Crippen LogP contribution in [0.25, 0.3) is 0 Å². The number of carbonyl (C=O) groups is 1. The Morgan fingerprint density at radius 2 is 1.95 bits per heavy atom. The van der Waals surface area contributed by atoms with Crippen LogP contribution in [-0.4, -0.2) is 48.6 Å². The maximum absolute atomic E-state index is 12.1. The van der Waals surface area contributed by atoms with Gasteiger partial charge in [0.25, 0.3) is 0 Å². The molecule has 1 aliphatic heterocycles. The predicted octanol–water partition coefficient (Wildman–Crippen LogP) is 3.42. The number of nitrogens with one attached hydrogen (secondary N) is 1. The van der Waals surface area contributed by atoms with Gasteiger partial charge >= 0.3 is 6.03 Å². The summed E-state index contributed by atoms with van der Waals surface area (Å²) >= 11 is 2.01. The van der Waals surface area contributed by atoms with Crippen LogP contribution in [0.3, 0.4) is 0 Å². The number of anilines is 2. The SMILES string of the molecule is CCN(CC)C(=O)Nc1ccc(N2CCSCC2)cc1C. The van der Waals surface area contributed by atoms with E-state index in [1.807, 2.05) is 31.7 Å². The van der Waals surface area contributed by atoms with Crippen LogP contribution in [0.15, 0.2) is 18.2 Å². The first-order chi connectivity index (χ1) is 10.2. The van der Waals surface area contributed by atoms with Crippen molar-refractivity contribution in [2.75, 3.05) is 47.9 Å². The minimum absolute atomic E-state index is 0.0229. The summed E-state index contributed by atoms with van der Waals surface area (Å²) in [7, 11) is 0. The second-order valence-corrected chi connectivity index (χ2v) is 6.43. The zero-order chi connectivity index (χ0) is 15.2. The number of aryl methyl sites for hydroxylation is 1. The van der Waals surface area contributed by atoms with Crippen molar-refractivity contribution in [1.29, 1.82) is 0 Å². The molecule has 2 amide bonds. The van der Waals surface area contributed by atoms with Gasteiger partial charge in [-0.15, -0.1) is 0 Å². The molecule has 0 aromatic heterocycles. The van der Waals surface area contributed by atoms with E-state index in [1.54, 1.807) is 4.90 Å². The lowest BCUT2D eigenvalue weighted by molar-refractivity contribution is 0.217. The number of carbonyl (C=O) groups excluding carboxylic acids is 1. The van der Waals surface area contributed by atoms with Crippen LogP contribution in [0.1, 0.15) is 19.4 Å². The van der Waals surface area contributed by atoms with Gasteiger partial charge in [0, 0.05) is 49.1 Å². The van der Waals surface area contributed by atoms with E-state index in [-0.39, 0.29) is 6.03 Å². The number of hydrogen-bond acceptors (Lipinski definition) is 3. The van der Waals surface area contributed by atoms with E-state index in [0.29, 0.717) is 0 Å². The zero-order valence-electron chi connectivity index (χ0n) is 13.2. The van der Waals surface area contributed by atoms with E-state index in [9.17, 15) is 4.79 Å². The lowest BCUT2D eigenvalue weighted by Gasteiger charge is -2.29. The maximum Gasteiger partial charge on any atom is 0.321 e. The number of urea groups is 1. The third-order valence-electron chi connectivity index (χ3n) is 3.88. The summed E-state index contributed by atoms with van der Waals surface area (Å²) in [5.74, 6) is 2.39. The molecule has 1 aromatic carbocycles. The van der Waals surface area contributed by atoms with Crippen LogP contribution in [-0.2, 0) is 0 Å². The summed E-state index contributed by atoms with van der Waals surface area (Å²) in [6.45, 7) is 9.71. The molecule has 2 rings (SSSR count). The number of amides is 2. The lowest BCUT2D eigenvalue weighted by Crippen LogP contribution is -2.35. The Morgan fingerprint density at radius 3 is 2.52 bits per heavy atom. The van der Waals surface area contributed by atoms with Crippen LogP contribution in [0, 0.1) is 6.92 Å². The van der Waals surface area contributed by atoms with E-state index in [2.05, 4.69) is 29.3 Å². The lowest BCUT2D eigenvalue weighted by atomic mass is 10.1. The Labute approximate surface area is 131 Å². The van der Waals surface area contributed by atoms with Crippen LogP contribution in [0.5, 0.6) is 0 Å². The molecule has 1 aromatic rings. The Hall–Kier alpha value is -1.36. The van der Waals surface area contributed by atoms with Crippen molar-refractivity contribution in [2.24, 2.45) is 0 Å². The molecule has 1 fully saturated rings. The summed E-state index contributed by atoms with van der Waals surface area (Å²) < 4.78 is 0. The van der Waals surface area contributed by atoms with Gasteiger partial charge < -0.3 is 15.1 Å². The highest BCUT2D eigenvalue weighted by Gasteiger charge is 2.14. The molecule has 0 saturated carbocycles. The van der Waals surface area contributed by atoms with Crippen molar-refractivity contribution in [2.45, 2.75) is 20.8 Å². The van der Waals surface area contributed by atoms with Crippen LogP contribution < -0.4 is 10.2 Å². The van der Waals surface area contributed by atoms with Gasteiger partial charge in [0.05, 0.1) is 0 Å². The van der Waals surface area contributed by atoms with Gasteiger partial charge in [-0.2, -0.15) is 11.8 Å². The molecule has 5 heteroatoms. The van der Waals surface area contributed by atoms with Gasteiger partial charge in [0.15, 0.2) is 0 Å². The topological polar surface area (TPSA) is 35.6 Å². The normalized spacial score (nSPS) is 14.9. The monoisotopic (exact) mass is 307 g/mol. The van der Waals surface area contributed by atoms with Crippen molar-refractivity contribution < 1.29 is 4.79 Å². The highest BCUT2D eigenvalue weighted by atomic mass is 32.2. The Morgan fingerprint density at radius 1 is 1.29 bits per heavy atom. The predicted molar refractivity (Wildman–Crippen MR) is 92.7 cm³/mol. The molecule has 0 radical (unpaired) electrons. The van der Waals surface area contributed by atoms with Crippen molar-refractivity contribution in [3.8, 4) is 0 Å². The summed E-state index contributed by atoms with van der Waals surface area (Å²) in [6.07, 6.45) is 0. The molecule has 4 nitrogen and oxygen atoms in total. The molecule has 116 valence electrons. The molecule has 1 saturated heterocycles. The van der Waals surface area contributed by atoms with E-state index in [0.717, 1.165) is 37.4 Å². The van der Waals surface area contributed by atoms with Gasteiger partial charge in [-0.1, -0.05) is 0 Å². The van der Waals surface area contributed by atoms with E-state index in [4.69, 9.17) is 0 Å². The smallest absolute Gasteiger partial charge is 0.321 e. The second kappa shape index (κ2) is 7.59. The van der Waals surface area contributed by atoms with Crippen molar-refractivity contribution in [3.05, 3.63) is 23.8 Å². The molecule has 0 aliphatic carbocycles. The van der Waals surface area contributed by atoms with Crippen LogP contribution >= 0.6 is 11.8 Å². The van der Waals surface area contributed by atoms with Crippen molar-refractivity contribution in [1.82, 2.24) is 4.90 Å². The van der Waals surface area contributed by atoms with Crippen LogP contribution in [0.4, 0.5) is 16.2 Å². The number of thioether (sulfide) groups is 1. The molecule has 0 atom stereocenters. The summed E-state index contributed by atoms with van der Waals surface area (Å²) in [5, 5.41) is 3.01. The fourth-order valence-corrected chi connectivity index (χ4v) is 3.41. The first-order valence-electron chi connectivity index (χ1n) is 7.65. The molecule has 21 heavy (non-hydrogen) atoms. The number of hydrogen-bond donors (Lipinski definition) is 1. The standard InChI is InChI=1S/C16H25N3OS/c1-4-18(5-2)16(20)17-15-7-6-14(12-13(15)3)19-8-10-21-11-9-19/h6-7,12H,4-5,8-11H2,1-3H3,(H,17,20). The highest BCUT2D eigenvalue weighted by molar-refractivity contribution is 7.99. The summed E-state index contributed by atoms with van der Waals surface area (Å²) in [5.41, 5.74) is 3.28. The average Bonchev–Trinajstić information content (AvgIpc) is 2.51. The maximum atomic E-state index is 12.1. The summed E-state index contributed by atoms with van der Waals surface area (Å²) in [6, 6.07) is 6.29. The minimum Gasteiger partial charge on any atom is -0.370 e. The van der Waals surface area contributed by atoms with Crippen molar-refractivity contribution in [3.63, 3.8) is 0 Å². The highest BCUT2D eigenvalue weighted by Crippen LogP contribution is 2.25. The third kappa shape index (κ3) is 4.06. The van der Waals surface area contributed by atoms with E-state index < -0.39 is 0 Å². The molecule has 1 heterocycles. The quantitative estimate of drug-likeness (QED) is 0.926. The van der Waals surface area contributed by atoms with Gasteiger partial charge in [-0.25, -0.2) is 4.79 Å². The molecular weight excluding hydrogens is 282 g/mol. The first-order valence-corrected chi connectivity index (χ1v) is 8.80. The van der Waals surface area contributed by atoms with Gasteiger partial charge in [-0.05, 0) is 44.5 Å². The Bertz CT molecular complexity index is 482. The fourth-order valence-electron chi connectivity index (χ4n) is 2.51. The van der Waals surface area contributed by atoms with Crippen molar-refractivity contribution >= 4 is 29.2 Å². The molecule has 0 unspecified atom stereocenters. The molecule has 1 N–H and O–H groups in total. The molecular formula is C16H25N3OS.